The number of aromatic nitrogens is 1. The number of benzene rings is 2. The van der Waals surface area contributed by atoms with Crippen LogP contribution in [0.15, 0.2) is 53.6 Å². The van der Waals surface area contributed by atoms with Gasteiger partial charge in [-0.1, -0.05) is 0 Å². The number of aliphatic hydroxyl groups is 1. The lowest BCUT2D eigenvalue weighted by atomic mass is 9.81. The summed E-state index contributed by atoms with van der Waals surface area (Å²) in [5.74, 6) is -1.33. The summed E-state index contributed by atoms with van der Waals surface area (Å²) >= 11 is 1.35. The van der Waals surface area contributed by atoms with Crippen LogP contribution in [0.3, 0.4) is 0 Å². The van der Waals surface area contributed by atoms with Gasteiger partial charge in [0.05, 0.1) is 24.6 Å². The zero-order chi connectivity index (χ0) is 25.7. The Morgan fingerprint density at radius 3 is 2.72 bits per heavy atom. The van der Waals surface area contributed by atoms with E-state index in [0.29, 0.717) is 48.7 Å². The Bertz CT molecular complexity index is 1190. The van der Waals surface area contributed by atoms with Gasteiger partial charge in [-0.15, -0.1) is 11.8 Å². The van der Waals surface area contributed by atoms with Crippen molar-refractivity contribution in [1.29, 1.82) is 0 Å². The number of halogens is 2. The number of aliphatic carboxylic acids is 1. The van der Waals surface area contributed by atoms with Crippen LogP contribution in [-0.2, 0) is 4.79 Å². The van der Waals surface area contributed by atoms with E-state index in [1.807, 2.05) is 18.2 Å². The normalized spacial score (nSPS) is 19.3. The Hall–Kier alpha value is -2.75. The fourth-order valence-corrected chi connectivity index (χ4v) is 5.87. The molecule has 1 unspecified atom stereocenters. The van der Waals surface area contributed by atoms with Crippen molar-refractivity contribution in [3.05, 3.63) is 65.9 Å². The third-order valence-corrected chi connectivity index (χ3v) is 7.78. The van der Waals surface area contributed by atoms with Crippen LogP contribution in [0.5, 0.6) is 5.75 Å². The summed E-state index contributed by atoms with van der Waals surface area (Å²) in [6.07, 6.45) is 2.69. The van der Waals surface area contributed by atoms with Gasteiger partial charge in [0.15, 0.2) is 0 Å². The molecule has 0 radical (unpaired) electrons. The van der Waals surface area contributed by atoms with Crippen molar-refractivity contribution in [3.8, 4) is 5.75 Å². The highest BCUT2D eigenvalue weighted by Crippen LogP contribution is 2.34. The molecule has 192 valence electrons. The average Bonchev–Trinajstić information content (AvgIpc) is 2.86. The molecular weight excluding hydrogens is 486 g/mol. The molecule has 1 aliphatic rings. The molecule has 2 N–H and O–H groups in total. The molecule has 4 rings (SSSR count). The van der Waals surface area contributed by atoms with Crippen molar-refractivity contribution in [2.75, 3.05) is 32.5 Å². The Kier molecular flexibility index (Phi) is 8.77. The molecule has 0 aliphatic carbocycles. The molecule has 36 heavy (non-hydrogen) atoms. The van der Waals surface area contributed by atoms with E-state index in [1.165, 1.54) is 23.9 Å². The van der Waals surface area contributed by atoms with E-state index in [2.05, 4.69) is 9.88 Å². The summed E-state index contributed by atoms with van der Waals surface area (Å²) in [5.41, 5.74) is 1.52. The molecule has 1 aliphatic heterocycles. The number of carboxylic acid groups (broad SMARTS) is 1. The number of aliphatic hydroxyl groups excluding tert-OH is 1. The molecule has 3 atom stereocenters. The highest BCUT2D eigenvalue weighted by molar-refractivity contribution is 7.99. The Morgan fingerprint density at radius 2 is 2.00 bits per heavy atom. The van der Waals surface area contributed by atoms with Gasteiger partial charge >= 0.3 is 5.97 Å². The van der Waals surface area contributed by atoms with Crippen molar-refractivity contribution >= 4 is 28.6 Å². The van der Waals surface area contributed by atoms with Gasteiger partial charge in [-0.05, 0) is 73.7 Å². The van der Waals surface area contributed by atoms with Crippen molar-refractivity contribution in [2.24, 2.45) is 11.8 Å². The summed E-state index contributed by atoms with van der Waals surface area (Å²) in [7, 11) is 1.59. The number of ether oxygens (including phenoxy) is 1. The second-order valence-corrected chi connectivity index (χ2v) is 10.3. The number of pyridine rings is 1. The van der Waals surface area contributed by atoms with E-state index in [9.17, 15) is 23.8 Å². The molecular formula is C27H30F2N2O4S. The van der Waals surface area contributed by atoms with Crippen LogP contribution < -0.4 is 4.74 Å². The molecule has 1 fully saturated rings. The maximum absolute atomic E-state index is 13.4. The number of nitrogens with zero attached hydrogens (tertiary/aromatic N) is 2. The fraction of sp³-hybridized carbons (Fsp3) is 0.407. The van der Waals surface area contributed by atoms with Crippen molar-refractivity contribution < 1.29 is 28.5 Å². The van der Waals surface area contributed by atoms with E-state index >= 15 is 0 Å². The Labute approximate surface area is 213 Å². The molecule has 0 bridgehead atoms. The van der Waals surface area contributed by atoms with Gasteiger partial charge < -0.3 is 19.8 Å². The van der Waals surface area contributed by atoms with Crippen LogP contribution in [0.2, 0.25) is 0 Å². The standard InChI is InChI=1S/C27H30F2N2O4S/c1-35-20-3-4-25-23(15-20)22(6-8-30-25)26(32)5-2-17-7-9-31(16-24(17)27(33)34)10-11-36-21-13-18(28)12-19(29)14-21/h3-4,6,8,12-15,17,24,26,32H,2,5,7,9-11,16H2,1H3,(H,33,34)/t17-,24+,26?/m1/s1. The second-order valence-electron chi connectivity index (χ2n) is 9.12. The highest BCUT2D eigenvalue weighted by Gasteiger charge is 2.34. The first-order valence-electron chi connectivity index (χ1n) is 12.0. The van der Waals surface area contributed by atoms with Crippen LogP contribution in [0, 0.1) is 23.5 Å². The van der Waals surface area contributed by atoms with Crippen molar-refractivity contribution in [1.82, 2.24) is 9.88 Å². The van der Waals surface area contributed by atoms with Gasteiger partial charge in [0, 0.05) is 41.4 Å². The zero-order valence-corrected chi connectivity index (χ0v) is 20.9. The van der Waals surface area contributed by atoms with Gasteiger partial charge in [-0.3, -0.25) is 9.78 Å². The molecule has 0 saturated carbocycles. The van der Waals surface area contributed by atoms with E-state index in [4.69, 9.17) is 4.74 Å². The number of piperidine rings is 1. The van der Waals surface area contributed by atoms with E-state index in [1.54, 1.807) is 19.4 Å². The molecule has 9 heteroatoms. The molecule has 2 aromatic carbocycles. The van der Waals surface area contributed by atoms with Gasteiger partial charge in [0.2, 0.25) is 0 Å². The quantitative estimate of drug-likeness (QED) is 0.361. The summed E-state index contributed by atoms with van der Waals surface area (Å²) in [6, 6.07) is 10.8. The van der Waals surface area contributed by atoms with Crippen LogP contribution in [0.1, 0.15) is 30.9 Å². The number of rotatable bonds is 10. The largest absolute Gasteiger partial charge is 0.497 e. The van der Waals surface area contributed by atoms with E-state index in [-0.39, 0.29) is 5.92 Å². The minimum Gasteiger partial charge on any atom is -0.497 e. The van der Waals surface area contributed by atoms with E-state index in [0.717, 1.165) is 29.1 Å². The topological polar surface area (TPSA) is 82.9 Å². The summed E-state index contributed by atoms with van der Waals surface area (Å²) in [6.45, 7) is 1.80. The Balaban J connectivity index is 1.33. The molecule has 6 nitrogen and oxygen atoms in total. The van der Waals surface area contributed by atoms with Crippen LogP contribution in [-0.4, -0.2) is 58.6 Å². The number of methoxy groups -OCH3 is 1. The number of carboxylic acids is 1. The summed E-state index contributed by atoms with van der Waals surface area (Å²) in [4.78, 5) is 19.0. The molecule has 3 aromatic rings. The lowest BCUT2D eigenvalue weighted by Gasteiger charge is -2.37. The maximum atomic E-state index is 13.4. The summed E-state index contributed by atoms with van der Waals surface area (Å²) < 4.78 is 32.1. The average molecular weight is 517 g/mol. The molecule has 2 heterocycles. The highest BCUT2D eigenvalue weighted by atomic mass is 32.2. The number of thioether (sulfide) groups is 1. The molecule has 0 amide bonds. The maximum Gasteiger partial charge on any atom is 0.308 e. The fourth-order valence-electron chi connectivity index (χ4n) is 4.89. The number of likely N-dealkylation sites (tertiary alicyclic amines) is 1. The second kappa shape index (κ2) is 12.0. The van der Waals surface area contributed by atoms with Gasteiger partial charge in [0.1, 0.15) is 17.4 Å². The third kappa shape index (κ3) is 6.52. The van der Waals surface area contributed by atoms with Crippen molar-refractivity contribution in [2.45, 2.75) is 30.3 Å². The van der Waals surface area contributed by atoms with Gasteiger partial charge in [-0.2, -0.15) is 0 Å². The van der Waals surface area contributed by atoms with Gasteiger partial charge in [0.25, 0.3) is 0 Å². The summed E-state index contributed by atoms with van der Waals surface area (Å²) in [5, 5.41) is 21.7. The zero-order valence-electron chi connectivity index (χ0n) is 20.1. The van der Waals surface area contributed by atoms with Crippen LogP contribution >= 0.6 is 11.8 Å². The molecule has 1 saturated heterocycles. The predicted octanol–water partition coefficient (Wildman–Crippen LogP) is 5.15. The van der Waals surface area contributed by atoms with Crippen molar-refractivity contribution in [3.63, 3.8) is 0 Å². The van der Waals surface area contributed by atoms with Crippen LogP contribution in [0.25, 0.3) is 10.9 Å². The number of hydrogen-bond acceptors (Lipinski definition) is 6. The monoisotopic (exact) mass is 516 g/mol. The molecule has 1 aromatic heterocycles. The lowest BCUT2D eigenvalue weighted by Crippen LogP contribution is -2.44. The predicted molar refractivity (Wildman–Crippen MR) is 135 cm³/mol. The SMILES string of the molecule is COc1ccc2nccc(C(O)CC[C@@H]3CCN(CCSc4cc(F)cc(F)c4)C[C@@H]3C(=O)O)c2c1. The first-order chi connectivity index (χ1) is 17.3. The number of carbonyl (C=O) groups is 1. The minimum absolute atomic E-state index is 0.0407. The van der Waals surface area contributed by atoms with Gasteiger partial charge in [-0.25, -0.2) is 8.78 Å². The first kappa shape index (κ1) is 26.3. The van der Waals surface area contributed by atoms with Crippen LogP contribution in [0.4, 0.5) is 8.78 Å². The number of fused-ring (bicyclic) bond motifs is 1. The van der Waals surface area contributed by atoms with E-state index < -0.39 is 29.6 Å². The minimum atomic E-state index is -0.835. The smallest absolute Gasteiger partial charge is 0.308 e. The molecule has 0 spiro atoms. The third-order valence-electron chi connectivity index (χ3n) is 6.82. The number of hydrogen-bond donors (Lipinski definition) is 2. The lowest BCUT2D eigenvalue weighted by molar-refractivity contribution is -0.146. The first-order valence-corrected chi connectivity index (χ1v) is 13.0. The Morgan fingerprint density at radius 1 is 1.22 bits per heavy atom.